The lowest BCUT2D eigenvalue weighted by atomic mass is 9.94. The number of para-hydroxylation sites is 2. The van der Waals surface area contributed by atoms with Crippen LogP contribution in [-0.4, -0.2) is 43.3 Å². The van der Waals surface area contributed by atoms with Crippen molar-refractivity contribution >= 4 is 46.0 Å². The molecule has 0 bridgehead atoms. The highest BCUT2D eigenvalue weighted by Gasteiger charge is 2.42. The zero-order chi connectivity index (χ0) is 22.9. The molecule has 0 aromatic heterocycles. The van der Waals surface area contributed by atoms with Gasteiger partial charge < -0.3 is 14.4 Å². The van der Waals surface area contributed by atoms with Crippen LogP contribution >= 0.6 is 23.5 Å². The highest BCUT2D eigenvalue weighted by molar-refractivity contribution is 8.19. The summed E-state index contributed by atoms with van der Waals surface area (Å²) >= 11 is 3.10. The first-order valence-corrected chi connectivity index (χ1v) is 12.8. The zero-order valence-corrected chi connectivity index (χ0v) is 20.7. The molecule has 172 valence electrons. The molecule has 2 fully saturated rings. The molecule has 2 aliphatic heterocycles. The van der Waals surface area contributed by atoms with E-state index in [9.17, 15) is 4.79 Å². The number of ether oxygens (including phenoxy) is 2. The molecule has 2 aromatic carbocycles. The highest BCUT2D eigenvalue weighted by Crippen LogP contribution is 2.51. The maximum absolute atomic E-state index is 13.8. The van der Waals surface area contributed by atoms with Crippen molar-refractivity contribution in [3.63, 3.8) is 0 Å². The zero-order valence-electron chi connectivity index (χ0n) is 19.0. The molecular weight excluding hydrogens is 454 g/mol. The molecule has 5 rings (SSSR count). The molecule has 0 spiro atoms. The summed E-state index contributed by atoms with van der Waals surface area (Å²) < 4.78 is 10.9. The van der Waals surface area contributed by atoms with Crippen molar-refractivity contribution in [2.45, 2.75) is 43.0 Å². The molecule has 3 aliphatic rings. The molecule has 1 aliphatic carbocycles. The van der Waals surface area contributed by atoms with Gasteiger partial charge in [0.1, 0.15) is 22.1 Å². The van der Waals surface area contributed by atoms with Gasteiger partial charge in [0.25, 0.3) is 5.91 Å². The summed E-state index contributed by atoms with van der Waals surface area (Å²) in [6, 6.07) is 13.9. The fourth-order valence-electron chi connectivity index (χ4n) is 4.53. The van der Waals surface area contributed by atoms with Crippen LogP contribution in [0.5, 0.6) is 11.5 Å². The summed E-state index contributed by atoms with van der Waals surface area (Å²) in [4.78, 5) is 24.7. The first kappa shape index (κ1) is 22.2. The van der Waals surface area contributed by atoms with Crippen LogP contribution in [0.1, 0.15) is 32.1 Å². The predicted octanol–water partition coefficient (Wildman–Crippen LogP) is 6.01. The second-order valence-electron chi connectivity index (χ2n) is 8.26. The molecule has 2 heterocycles. The molecule has 0 unspecified atom stereocenters. The van der Waals surface area contributed by atoms with Crippen LogP contribution in [0.4, 0.5) is 11.4 Å². The number of rotatable bonds is 4. The lowest BCUT2D eigenvalue weighted by molar-refractivity contribution is -0.124. The number of fused-ring (bicyclic) bond motifs is 1. The number of aliphatic imine (C=N–C) groups is 1. The third kappa shape index (κ3) is 4.10. The van der Waals surface area contributed by atoms with Crippen LogP contribution in [-0.2, 0) is 4.79 Å². The second kappa shape index (κ2) is 9.35. The van der Waals surface area contributed by atoms with Crippen LogP contribution in [0.15, 0.2) is 62.3 Å². The van der Waals surface area contributed by atoms with E-state index in [-0.39, 0.29) is 11.9 Å². The minimum absolute atomic E-state index is 0.0506. The molecule has 1 amide bonds. The first-order valence-electron chi connectivity index (χ1n) is 11.2. The van der Waals surface area contributed by atoms with E-state index in [2.05, 4.69) is 11.0 Å². The van der Waals surface area contributed by atoms with Gasteiger partial charge in [-0.25, -0.2) is 4.99 Å². The third-order valence-electron chi connectivity index (χ3n) is 6.29. The molecule has 0 atom stereocenters. The number of methoxy groups -OCH3 is 2. The Morgan fingerprint density at radius 1 is 1.00 bits per heavy atom. The fourth-order valence-corrected chi connectivity index (χ4v) is 6.91. The van der Waals surface area contributed by atoms with E-state index in [0.717, 1.165) is 62.8 Å². The van der Waals surface area contributed by atoms with E-state index >= 15 is 0 Å². The summed E-state index contributed by atoms with van der Waals surface area (Å²) in [5.74, 6) is 1.56. The minimum Gasteiger partial charge on any atom is -0.497 e. The molecular formula is C25H27N3O3S2. The van der Waals surface area contributed by atoms with E-state index < -0.39 is 0 Å². The van der Waals surface area contributed by atoms with Gasteiger partial charge in [0.2, 0.25) is 0 Å². The van der Waals surface area contributed by atoms with Gasteiger partial charge >= 0.3 is 0 Å². The number of amides is 1. The van der Waals surface area contributed by atoms with Gasteiger partial charge in [-0.15, -0.1) is 0 Å². The van der Waals surface area contributed by atoms with E-state index in [1.807, 2.05) is 48.3 Å². The predicted molar refractivity (Wildman–Crippen MR) is 136 cm³/mol. The number of thioether (sulfide) groups is 2. The molecule has 0 radical (unpaired) electrons. The van der Waals surface area contributed by atoms with Crippen LogP contribution in [0.2, 0.25) is 0 Å². The molecule has 8 heteroatoms. The number of benzene rings is 2. The summed E-state index contributed by atoms with van der Waals surface area (Å²) in [5, 5.41) is 1.68. The second-order valence-corrected chi connectivity index (χ2v) is 10.3. The van der Waals surface area contributed by atoms with E-state index in [1.54, 1.807) is 26.0 Å². The molecule has 2 aromatic rings. The van der Waals surface area contributed by atoms with Gasteiger partial charge in [-0.2, -0.15) is 0 Å². The van der Waals surface area contributed by atoms with Crippen LogP contribution in [0, 0.1) is 0 Å². The van der Waals surface area contributed by atoms with E-state index in [1.165, 1.54) is 18.2 Å². The molecule has 0 N–H and O–H groups in total. The van der Waals surface area contributed by atoms with Crippen LogP contribution in [0.3, 0.4) is 0 Å². The topological polar surface area (TPSA) is 54.4 Å². The third-order valence-corrected chi connectivity index (χ3v) is 8.69. The molecule has 1 saturated carbocycles. The summed E-state index contributed by atoms with van der Waals surface area (Å²) in [6.45, 7) is 0. The lowest BCUT2D eigenvalue weighted by Crippen LogP contribution is -2.40. The van der Waals surface area contributed by atoms with E-state index in [4.69, 9.17) is 14.5 Å². The maximum atomic E-state index is 13.8. The van der Waals surface area contributed by atoms with Crippen LogP contribution in [0.25, 0.3) is 0 Å². The van der Waals surface area contributed by atoms with Crippen LogP contribution < -0.4 is 14.4 Å². The number of carbonyl (C=O) groups is 1. The van der Waals surface area contributed by atoms with Crippen molar-refractivity contribution in [1.82, 2.24) is 4.90 Å². The van der Waals surface area contributed by atoms with E-state index in [0.29, 0.717) is 5.75 Å². The first-order chi connectivity index (χ1) is 16.1. The van der Waals surface area contributed by atoms with Gasteiger partial charge in [-0.05, 0) is 48.9 Å². The Bertz CT molecular complexity index is 1140. The minimum atomic E-state index is 0.0506. The summed E-state index contributed by atoms with van der Waals surface area (Å²) in [7, 11) is 5.32. The average molecular weight is 482 g/mol. The Morgan fingerprint density at radius 2 is 1.79 bits per heavy atom. The summed E-state index contributed by atoms with van der Waals surface area (Å²) in [6.07, 6.45) is 5.55. The number of amidine groups is 1. The van der Waals surface area contributed by atoms with Gasteiger partial charge in [0, 0.05) is 24.1 Å². The van der Waals surface area contributed by atoms with Crippen molar-refractivity contribution in [1.29, 1.82) is 0 Å². The Balaban J connectivity index is 1.56. The number of carbonyl (C=O) groups excluding carboxylic acids is 1. The monoisotopic (exact) mass is 481 g/mol. The Morgan fingerprint density at radius 3 is 2.55 bits per heavy atom. The number of hydrogen-bond donors (Lipinski definition) is 0. The maximum Gasteiger partial charge on any atom is 0.269 e. The smallest absolute Gasteiger partial charge is 0.269 e. The average Bonchev–Trinajstić information content (AvgIpc) is 3.35. The lowest BCUT2D eigenvalue weighted by Gasteiger charge is -2.30. The van der Waals surface area contributed by atoms with Gasteiger partial charge in [0.15, 0.2) is 5.17 Å². The van der Waals surface area contributed by atoms with Crippen molar-refractivity contribution in [2.75, 3.05) is 26.2 Å². The van der Waals surface area contributed by atoms with Gasteiger partial charge in [-0.3, -0.25) is 9.69 Å². The Hall–Kier alpha value is -2.58. The standard InChI is InChI=1S/C25H27N3O3S2/c1-27-19-15-17(30-2)13-14-21(19)32-24(27)22-23(29)28(16-9-5-4-6-10-16)25(33-22)26-18-11-7-8-12-20(18)31-3/h7-8,11-16H,4-6,9-10H2,1-3H3/b24-22-,26-25?. The number of anilines is 1. The van der Waals surface area contributed by atoms with Crippen molar-refractivity contribution in [2.24, 2.45) is 4.99 Å². The SMILES string of the molecule is COc1ccc2c(c1)N(C)/C(=C1/SC(=Nc3ccccc3OC)N(C3CCCCC3)C1=O)S2. The van der Waals surface area contributed by atoms with Crippen molar-refractivity contribution in [3.8, 4) is 11.5 Å². The number of hydrogen-bond acceptors (Lipinski definition) is 7. The largest absolute Gasteiger partial charge is 0.497 e. The molecule has 6 nitrogen and oxygen atoms in total. The highest BCUT2D eigenvalue weighted by atomic mass is 32.2. The quantitative estimate of drug-likeness (QED) is 0.499. The molecule has 1 saturated heterocycles. The fraction of sp³-hybridized carbons (Fsp3) is 0.360. The van der Waals surface area contributed by atoms with Gasteiger partial charge in [0.05, 0.1) is 24.9 Å². The van der Waals surface area contributed by atoms with Crippen molar-refractivity contribution < 1.29 is 14.3 Å². The normalized spacial score (nSPS) is 22.3. The Labute approximate surface area is 203 Å². The summed E-state index contributed by atoms with van der Waals surface area (Å²) in [5.41, 5.74) is 1.79. The van der Waals surface area contributed by atoms with Crippen molar-refractivity contribution in [3.05, 3.63) is 52.4 Å². The molecule has 33 heavy (non-hydrogen) atoms. The van der Waals surface area contributed by atoms with Gasteiger partial charge in [-0.1, -0.05) is 43.2 Å². The number of nitrogens with zero attached hydrogens (tertiary/aromatic N) is 3. The Kier molecular flexibility index (Phi) is 6.29.